The number of hydrogen-bond acceptors (Lipinski definition) is 3. The maximum atomic E-state index is 13.4. The smallest absolute Gasteiger partial charge is 0.243 e. The highest BCUT2D eigenvalue weighted by atomic mass is 32.2. The van der Waals surface area contributed by atoms with E-state index in [9.17, 15) is 12.8 Å². The third-order valence-electron chi connectivity index (χ3n) is 3.04. The molecule has 0 aromatic heterocycles. The lowest BCUT2D eigenvalue weighted by atomic mass is 10.2. The van der Waals surface area contributed by atoms with E-state index in [1.165, 1.54) is 16.4 Å². The number of rotatable bonds is 8. The Labute approximate surface area is 121 Å². The number of benzene rings is 1. The van der Waals surface area contributed by atoms with E-state index in [2.05, 4.69) is 5.32 Å². The average molecular weight is 302 g/mol. The van der Waals surface area contributed by atoms with Crippen molar-refractivity contribution < 1.29 is 12.8 Å². The molecule has 0 saturated heterocycles. The Morgan fingerprint density at radius 3 is 2.50 bits per heavy atom. The van der Waals surface area contributed by atoms with Crippen molar-refractivity contribution in [2.24, 2.45) is 0 Å². The van der Waals surface area contributed by atoms with Crippen LogP contribution in [0.5, 0.6) is 0 Å². The Kier molecular flexibility index (Phi) is 6.58. The van der Waals surface area contributed by atoms with Crippen LogP contribution >= 0.6 is 0 Å². The van der Waals surface area contributed by atoms with Crippen molar-refractivity contribution in [1.29, 1.82) is 0 Å². The quantitative estimate of drug-likeness (QED) is 0.802. The predicted octanol–water partition coefficient (Wildman–Crippen LogP) is 2.36. The van der Waals surface area contributed by atoms with Crippen LogP contribution in [0.2, 0.25) is 0 Å². The molecular formula is C14H23FN2O2S. The van der Waals surface area contributed by atoms with Gasteiger partial charge in [0.15, 0.2) is 0 Å². The molecule has 0 saturated carbocycles. The van der Waals surface area contributed by atoms with Crippen LogP contribution in [0.25, 0.3) is 0 Å². The molecule has 114 valence electrons. The second kappa shape index (κ2) is 7.71. The van der Waals surface area contributed by atoms with Crippen molar-refractivity contribution in [2.75, 3.05) is 19.6 Å². The Balaban J connectivity index is 3.24. The van der Waals surface area contributed by atoms with Crippen LogP contribution in [-0.2, 0) is 16.6 Å². The van der Waals surface area contributed by atoms with Crippen LogP contribution in [0.3, 0.4) is 0 Å². The summed E-state index contributed by atoms with van der Waals surface area (Å²) in [6.45, 7) is 7.61. The number of halogens is 1. The summed E-state index contributed by atoms with van der Waals surface area (Å²) in [5.41, 5.74) is 0.600. The molecule has 0 aliphatic heterocycles. The van der Waals surface area contributed by atoms with Crippen LogP contribution in [0.15, 0.2) is 23.1 Å². The van der Waals surface area contributed by atoms with Crippen molar-refractivity contribution in [3.05, 3.63) is 29.6 Å². The topological polar surface area (TPSA) is 49.4 Å². The third-order valence-corrected chi connectivity index (χ3v) is 5.09. The van der Waals surface area contributed by atoms with Gasteiger partial charge in [-0.05, 0) is 30.7 Å². The van der Waals surface area contributed by atoms with E-state index in [-0.39, 0.29) is 4.90 Å². The molecule has 20 heavy (non-hydrogen) atoms. The Bertz CT molecular complexity index is 532. The molecule has 1 aromatic carbocycles. The van der Waals surface area contributed by atoms with E-state index in [0.717, 1.165) is 19.0 Å². The van der Waals surface area contributed by atoms with E-state index in [4.69, 9.17) is 0 Å². The highest BCUT2D eigenvalue weighted by Crippen LogP contribution is 2.22. The minimum absolute atomic E-state index is 0.0637. The molecule has 0 heterocycles. The zero-order valence-corrected chi connectivity index (χ0v) is 13.1. The molecule has 0 radical (unpaired) electrons. The van der Waals surface area contributed by atoms with E-state index >= 15 is 0 Å². The summed E-state index contributed by atoms with van der Waals surface area (Å²) < 4.78 is 40.1. The van der Waals surface area contributed by atoms with Gasteiger partial charge in [-0.25, -0.2) is 12.8 Å². The molecule has 0 unspecified atom stereocenters. The van der Waals surface area contributed by atoms with Crippen LogP contribution in [0.1, 0.15) is 32.8 Å². The summed E-state index contributed by atoms with van der Waals surface area (Å²) in [7, 11) is -3.64. The van der Waals surface area contributed by atoms with E-state index in [1.807, 2.05) is 13.8 Å². The fourth-order valence-corrected chi connectivity index (χ4v) is 3.79. The average Bonchev–Trinajstić information content (AvgIpc) is 2.43. The molecule has 0 aliphatic rings. The lowest BCUT2D eigenvalue weighted by Gasteiger charge is -2.21. The number of sulfonamides is 1. The van der Waals surface area contributed by atoms with Gasteiger partial charge in [-0.15, -0.1) is 0 Å². The van der Waals surface area contributed by atoms with Crippen LogP contribution in [0.4, 0.5) is 4.39 Å². The standard InChI is InChI=1S/C14H23FN2O2S/c1-4-9-17(6-3)20(18,19)14-10-13(15)8-7-12(14)11-16-5-2/h7-8,10,16H,4-6,9,11H2,1-3H3. The van der Waals surface area contributed by atoms with Gasteiger partial charge in [0.2, 0.25) is 10.0 Å². The minimum Gasteiger partial charge on any atom is -0.313 e. The first-order chi connectivity index (χ1) is 9.47. The summed E-state index contributed by atoms with van der Waals surface area (Å²) in [5.74, 6) is -0.531. The number of hydrogen-bond donors (Lipinski definition) is 1. The van der Waals surface area contributed by atoms with Crippen molar-refractivity contribution in [3.63, 3.8) is 0 Å². The summed E-state index contributed by atoms with van der Waals surface area (Å²) >= 11 is 0. The number of nitrogens with one attached hydrogen (secondary N) is 1. The molecule has 6 heteroatoms. The molecule has 1 N–H and O–H groups in total. The van der Waals surface area contributed by atoms with Gasteiger partial charge in [0.1, 0.15) is 5.82 Å². The van der Waals surface area contributed by atoms with Crippen molar-refractivity contribution in [1.82, 2.24) is 9.62 Å². The largest absolute Gasteiger partial charge is 0.313 e. The second-order valence-corrected chi connectivity index (χ2v) is 6.44. The molecule has 4 nitrogen and oxygen atoms in total. The van der Waals surface area contributed by atoms with Gasteiger partial charge in [0.25, 0.3) is 0 Å². The van der Waals surface area contributed by atoms with E-state index < -0.39 is 15.8 Å². The molecule has 0 bridgehead atoms. The summed E-state index contributed by atoms with van der Waals surface area (Å²) in [6.07, 6.45) is 0.727. The van der Waals surface area contributed by atoms with Gasteiger partial charge < -0.3 is 5.32 Å². The molecule has 0 atom stereocenters. The fraction of sp³-hybridized carbons (Fsp3) is 0.571. The second-order valence-electron chi connectivity index (χ2n) is 4.53. The predicted molar refractivity (Wildman–Crippen MR) is 78.5 cm³/mol. The maximum absolute atomic E-state index is 13.4. The first kappa shape index (κ1) is 17.1. The lowest BCUT2D eigenvalue weighted by molar-refractivity contribution is 0.425. The van der Waals surface area contributed by atoms with Gasteiger partial charge in [-0.3, -0.25) is 0 Å². The van der Waals surface area contributed by atoms with Crippen molar-refractivity contribution >= 4 is 10.0 Å². The Hall–Kier alpha value is -0.980. The van der Waals surface area contributed by atoms with Gasteiger partial charge in [0.05, 0.1) is 4.90 Å². The molecule has 1 rings (SSSR count). The van der Waals surface area contributed by atoms with Crippen molar-refractivity contribution in [2.45, 2.75) is 38.6 Å². The van der Waals surface area contributed by atoms with E-state index in [0.29, 0.717) is 25.2 Å². The zero-order chi connectivity index (χ0) is 15.2. The van der Waals surface area contributed by atoms with Crippen LogP contribution in [0, 0.1) is 5.82 Å². The zero-order valence-electron chi connectivity index (χ0n) is 12.3. The summed E-state index contributed by atoms with van der Waals surface area (Å²) in [4.78, 5) is 0.0637. The maximum Gasteiger partial charge on any atom is 0.243 e. The molecule has 1 aromatic rings. The molecule has 0 fully saturated rings. The third kappa shape index (κ3) is 4.01. The van der Waals surface area contributed by atoms with Gasteiger partial charge in [-0.2, -0.15) is 4.31 Å². The van der Waals surface area contributed by atoms with Gasteiger partial charge >= 0.3 is 0 Å². The number of nitrogens with zero attached hydrogens (tertiary/aromatic N) is 1. The van der Waals surface area contributed by atoms with Crippen LogP contribution < -0.4 is 5.32 Å². The SMILES string of the molecule is CCCN(CC)S(=O)(=O)c1cc(F)ccc1CNCC. The summed E-state index contributed by atoms with van der Waals surface area (Å²) in [5, 5.41) is 3.08. The van der Waals surface area contributed by atoms with Crippen LogP contribution in [-0.4, -0.2) is 32.4 Å². The summed E-state index contributed by atoms with van der Waals surface area (Å²) in [6, 6.07) is 3.94. The highest BCUT2D eigenvalue weighted by Gasteiger charge is 2.25. The van der Waals surface area contributed by atoms with Crippen molar-refractivity contribution in [3.8, 4) is 0 Å². The Morgan fingerprint density at radius 1 is 1.25 bits per heavy atom. The Morgan fingerprint density at radius 2 is 1.95 bits per heavy atom. The first-order valence-electron chi connectivity index (χ1n) is 6.96. The van der Waals surface area contributed by atoms with Gasteiger partial charge in [0, 0.05) is 19.6 Å². The fourth-order valence-electron chi connectivity index (χ4n) is 2.01. The van der Waals surface area contributed by atoms with E-state index in [1.54, 1.807) is 6.92 Å². The minimum atomic E-state index is -3.64. The van der Waals surface area contributed by atoms with Gasteiger partial charge in [-0.1, -0.05) is 26.8 Å². The molecule has 0 amide bonds. The molecule has 0 aliphatic carbocycles. The lowest BCUT2D eigenvalue weighted by Crippen LogP contribution is -2.32. The molecular weight excluding hydrogens is 279 g/mol. The first-order valence-corrected chi connectivity index (χ1v) is 8.40. The highest BCUT2D eigenvalue weighted by molar-refractivity contribution is 7.89. The molecule has 0 spiro atoms. The monoisotopic (exact) mass is 302 g/mol. The normalized spacial score (nSPS) is 12.1.